The summed E-state index contributed by atoms with van der Waals surface area (Å²) in [6.07, 6.45) is 0. The average Bonchev–Trinajstić information content (AvgIpc) is 1.50. The molecule has 0 fully saturated rings. The summed E-state index contributed by atoms with van der Waals surface area (Å²) in [6.45, 7) is 0. The molecule has 0 rings (SSSR count). The summed E-state index contributed by atoms with van der Waals surface area (Å²) in [5.41, 5.74) is 0. The molecule has 0 amide bonds. The van der Waals surface area contributed by atoms with Crippen LogP contribution in [0, 0.1) is 38.9 Å². The molecule has 22 valence electrons. The zero-order valence-corrected chi connectivity index (χ0v) is 6.94. The van der Waals surface area contributed by atoms with Gasteiger partial charge in [0, 0.05) is 0 Å². The van der Waals surface area contributed by atoms with Crippen molar-refractivity contribution in [3.05, 3.63) is 0 Å². The molecule has 0 aromatic rings. The van der Waals surface area contributed by atoms with E-state index >= 15 is 0 Å². The van der Waals surface area contributed by atoms with Gasteiger partial charge in [0.05, 0.1) is 0 Å². The van der Waals surface area contributed by atoms with Gasteiger partial charge in [0.2, 0.25) is 0 Å². The second-order valence-electron chi connectivity index (χ2n) is 0. The quantitative estimate of drug-likeness (QED) is 0.570. The Labute approximate surface area is 62.0 Å². The third-order valence-corrected chi connectivity index (χ3v) is 0. The van der Waals surface area contributed by atoms with Crippen molar-refractivity contribution in [3.8, 4) is 0 Å². The molecular formula is MoNdO2. The van der Waals surface area contributed by atoms with E-state index in [-0.39, 0.29) is 38.9 Å². The predicted molar refractivity (Wildman–Crippen MR) is 1.37 cm³/mol. The molecule has 0 aliphatic heterocycles. The SMILES string of the molecule is [O]=[Mo].[O]=[Nd]. The van der Waals surface area contributed by atoms with Crippen molar-refractivity contribution in [2.75, 3.05) is 0 Å². The molecule has 0 saturated carbocycles. The third-order valence-electron chi connectivity index (χ3n) is 0. The normalized spacial score (nSPS) is 1.75. The van der Waals surface area contributed by atoms with Gasteiger partial charge in [-0.2, -0.15) is 0 Å². The molecule has 4 heavy (non-hydrogen) atoms. The Morgan fingerprint density at radius 1 is 1.25 bits per heavy atom. The second kappa shape index (κ2) is 22.9. The Balaban J connectivity index is 0. The minimum atomic E-state index is 0.0556. The van der Waals surface area contributed by atoms with Gasteiger partial charge in [0.15, 0.2) is 0 Å². The first kappa shape index (κ1) is 9.16. The van der Waals surface area contributed by atoms with Crippen LogP contribution < -0.4 is 0 Å². The molecule has 2 nitrogen and oxygen atoms in total. The van der Waals surface area contributed by atoms with Crippen molar-refractivity contribution in [1.29, 1.82) is 0 Å². The van der Waals surface area contributed by atoms with Crippen LogP contribution in [0.3, 0.4) is 0 Å². The fraction of sp³-hybridized carbons (Fsp3) is 0. The van der Waals surface area contributed by atoms with E-state index in [0.717, 1.165) is 0 Å². The van der Waals surface area contributed by atoms with E-state index in [0.29, 0.717) is 19.8 Å². The van der Waals surface area contributed by atoms with Crippen molar-refractivity contribution in [3.63, 3.8) is 0 Å². The monoisotopic (exact) mass is 272 g/mol. The molecule has 0 aliphatic rings. The molecular weight excluding hydrogens is 272 g/mol. The molecule has 4 heteroatoms. The topological polar surface area (TPSA) is 34.1 Å². The Kier molecular flexibility index (Phi) is 52.4. The summed E-state index contributed by atoms with van der Waals surface area (Å²) in [6, 6.07) is 0. The van der Waals surface area contributed by atoms with E-state index in [1.165, 1.54) is 0 Å². The zero-order chi connectivity index (χ0) is 4.00. The summed E-state index contributed by atoms with van der Waals surface area (Å²) >= 11 is 0.756. The van der Waals surface area contributed by atoms with Crippen molar-refractivity contribution in [1.82, 2.24) is 0 Å². The van der Waals surface area contributed by atoms with Gasteiger partial charge < -0.3 is 0 Å². The fourth-order valence-electron chi connectivity index (χ4n) is 0. The molecule has 0 atom stereocenters. The Morgan fingerprint density at radius 2 is 1.25 bits per heavy atom. The zero-order valence-electron chi connectivity index (χ0n) is 1.72. The Morgan fingerprint density at radius 3 is 1.25 bits per heavy atom. The van der Waals surface area contributed by atoms with Crippen LogP contribution in [0.25, 0.3) is 0 Å². The van der Waals surface area contributed by atoms with E-state index in [1.807, 2.05) is 0 Å². The van der Waals surface area contributed by atoms with E-state index in [9.17, 15) is 0 Å². The third kappa shape index (κ3) is 9.43. The van der Waals surface area contributed by atoms with E-state index in [4.69, 9.17) is 4.45 Å². The van der Waals surface area contributed by atoms with Crippen LogP contribution in [-0.4, -0.2) is 0 Å². The van der Waals surface area contributed by atoms with Crippen LogP contribution in [0.5, 0.6) is 0 Å². The van der Waals surface area contributed by atoms with Crippen LogP contribution in [-0.2, 0) is 24.2 Å². The van der Waals surface area contributed by atoms with Crippen LogP contribution in [0.4, 0.5) is 0 Å². The molecule has 0 aliphatic carbocycles. The van der Waals surface area contributed by atoms with Gasteiger partial charge in [0.1, 0.15) is 0 Å². The summed E-state index contributed by atoms with van der Waals surface area (Å²) in [5, 5.41) is 0. The Hall–Kier alpha value is 1.64. The van der Waals surface area contributed by atoms with E-state index < -0.39 is 0 Å². The van der Waals surface area contributed by atoms with Gasteiger partial charge in [-0.05, 0) is 0 Å². The van der Waals surface area contributed by atoms with Crippen molar-refractivity contribution in [2.24, 2.45) is 0 Å². The number of hydrogen-bond donors (Lipinski definition) is 0. The van der Waals surface area contributed by atoms with Crippen molar-refractivity contribution >= 4 is 0 Å². The van der Waals surface area contributed by atoms with Crippen molar-refractivity contribution in [2.45, 2.75) is 0 Å². The molecule has 0 heterocycles. The maximum atomic E-state index is 8.39. The second-order valence-corrected chi connectivity index (χ2v) is 0. The summed E-state index contributed by atoms with van der Waals surface area (Å²) in [7, 11) is 0. The van der Waals surface area contributed by atoms with Crippen molar-refractivity contribution < 1.29 is 63.1 Å². The van der Waals surface area contributed by atoms with Crippen LogP contribution in [0.2, 0.25) is 0 Å². The predicted octanol–water partition coefficient (Wildman–Crippen LogP) is -0.240. The number of hydrogen-bond acceptors (Lipinski definition) is 2. The first-order chi connectivity index (χ1) is 2.00. The molecule has 0 bridgehead atoms. The summed E-state index contributed by atoms with van der Waals surface area (Å²) in [4.78, 5) is 0. The van der Waals surface area contributed by atoms with Crippen LogP contribution >= 0.6 is 0 Å². The first-order valence-corrected chi connectivity index (χ1v) is 2.50. The fourth-order valence-corrected chi connectivity index (χ4v) is 0. The van der Waals surface area contributed by atoms with Gasteiger partial charge in [-0.25, -0.2) is 0 Å². The summed E-state index contributed by atoms with van der Waals surface area (Å²) in [5.74, 6) is 0. The first-order valence-electron chi connectivity index (χ1n) is 0.371. The molecule has 0 aromatic carbocycles. The van der Waals surface area contributed by atoms with Gasteiger partial charge in [-0.3, -0.25) is 0 Å². The molecule has 0 spiro atoms. The Bertz CT molecular complexity index is 8.00. The van der Waals surface area contributed by atoms with Gasteiger partial charge in [-0.1, -0.05) is 0 Å². The average molecular weight is 272 g/mol. The van der Waals surface area contributed by atoms with Crippen LogP contribution in [0.1, 0.15) is 0 Å². The molecule has 0 radical (unpaired) electrons. The molecule has 0 aromatic heterocycles. The minimum absolute atomic E-state index is 0.0556. The van der Waals surface area contributed by atoms with Crippen LogP contribution in [0.15, 0.2) is 0 Å². The molecule has 0 unspecified atom stereocenters. The molecule has 0 saturated heterocycles. The summed E-state index contributed by atoms with van der Waals surface area (Å²) < 4.78 is 16.6. The van der Waals surface area contributed by atoms with E-state index in [1.54, 1.807) is 0 Å². The van der Waals surface area contributed by atoms with Gasteiger partial charge in [-0.15, -0.1) is 0 Å². The van der Waals surface area contributed by atoms with E-state index in [2.05, 4.69) is 0 Å². The van der Waals surface area contributed by atoms with Gasteiger partial charge in [0.25, 0.3) is 0 Å². The van der Waals surface area contributed by atoms with Gasteiger partial charge >= 0.3 is 63.1 Å². The maximum absolute atomic E-state index is 8.39. The molecule has 0 N–H and O–H groups in total. The standard InChI is InChI=1S/Mo.Nd.2O. The number of rotatable bonds is 0.